The quantitative estimate of drug-likeness (QED) is 0.343. The van der Waals surface area contributed by atoms with Crippen molar-refractivity contribution in [2.75, 3.05) is 29.0 Å². The SMILES string of the molecule is C[C@@H]1CN(c2nc([C@H](C)Nc3ncnc4[nH]cc(-c5ccnc(N)c5)c34)nn3cccc23)C[C@H](C)O1. The van der Waals surface area contributed by atoms with Crippen LogP contribution in [0.15, 0.2) is 49.2 Å². The Balaban J connectivity index is 1.38. The average molecular weight is 485 g/mol. The van der Waals surface area contributed by atoms with Crippen LogP contribution in [0.3, 0.4) is 0 Å². The normalized spacial score (nSPS) is 19.1. The van der Waals surface area contributed by atoms with Gasteiger partial charge in [0.25, 0.3) is 0 Å². The molecule has 0 bridgehead atoms. The first-order valence-electron chi connectivity index (χ1n) is 12.0. The van der Waals surface area contributed by atoms with Gasteiger partial charge in [-0.25, -0.2) is 24.5 Å². The molecule has 3 atom stereocenters. The van der Waals surface area contributed by atoms with Gasteiger partial charge in [-0.1, -0.05) is 0 Å². The van der Waals surface area contributed by atoms with E-state index in [1.54, 1.807) is 6.20 Å². The molecule has 5 aromatic rings. The maximum atomic E-state index is 5.94. The number of fused-ring (bicyclic) bond motifs is 2. The van der Waals surface area contributed by atoms with Gasteiger partial charge >= 0.3 is 0 Å². The highest BCUT2D eigenvalue weighted by molar-refractivity contribution is 6.01. The first-order chi connectivity index (χ1) is 17.5. The highest BCUT2D eigenvalue weighted by Gasteiger charge is 2.26. The minimum Gasteiger partial charge on any atom is -0.384 e. The van der Waals surface area contributed by atoms with Gasteiger partial charge in [0.1, 0.15) is 29.1 Å². The van der Waals surface area contributed by atoms with Crippen molar-refractivity contribution < 1.29 is 4.74 Å². The molecule has 1 fully saturated rings. The van der Waals surface area contributed by atoms with Gasteiger partial charge in [-0.2, -0.15) is 5.10 Å². The number of rotatable bonds is 5. The number of hydrogen-bond donors (Lipinski definition) is 3. The van der Waals surface area contributed by atoms with Gasteiger partial charge in [0.15, 0.2) is 11.6 Å². The van der Waals surface area contributed by atoms with Crippen LogP contribution in [0, 0.1) is 0 Å². The van der Waals surface area contributed by atoms with Crippen LogP contribution in [-0.4, -0.2) is 59.8 Å². The van der Waals surface area contributed by atoms with Crippen LogP contribution in [0.2, 0.25) is 0 Å². The first-order valence-corrected chi connectivity index (χ1v) is 12.0. The van der Waals surface area contributed by atoms with Gasteiger partial charge < -0.3 is 25.7 Å². The Bertz CT molecular complexity index is 1530. The molecule has 0 amide bonds. The van der Waals surface area contributed by atoms with Crippen molar-refractivity contribution >= 4 is 34.0 Å². The van der Waals surface area contributed by atoms with E-state index in [1.165, 1.54) is 6.33 Å². The number of nitrogen functional groups attached to an aromatic ring is 1. The molecule has 0 saturated carbocycles. The summed E-state index contributed by atoms with van der Waals surface area (Å²) in [4.78, 5) is 23.6. The monoisotopic (exact) mass is 484 g/mol. The molecule has 6 rings (SSSR count). The molecule has 1 aliphatic rings. The number of aromatic nitrogens is 7. The van der Waals surface area contributed by atoms with E-state index < -0.39 is 0 Å². The lowest BCUT2D eigenvalue weighted by atomic mass is 10.1. The Hall–Kier alpha value is -4.25. The van der Waals surface area contributed by atoms with E-state index in [2.05, 4.69) is 44.0 Å². The van der Waals surface area contributed by atoms with Crippen LogP contribution in [0.25, 0.3) is 27.7 Å². The number of aromatic amines is 1. The van der Waals surface area contributed by atoms with Crippen LogP contribution in [-0.2, 0) is 4.74 Å². The van der Waals surface area contributed by atoms with Crippen LogP contribution in [0.4, 0.5) is 17.5 Å². The van der Waals surface area contributed by atoms with E-state index in [-0.39, 0.29) is 18.2 Å². The second kappa shape index (κ2) is 8.76. The van der Waals surface area contributed by atoms with E-state index in [4.69, 9.17) is 20.6 Å². The van der Waals surface area contributed by atoms with Crippen molar-refractivity contribution in [3.63, 3.8) is 0 Å². The second-order valence-electron chi connectivity index (χ2n) is 9.28. The maximum absolute atomic E-state index is 5.94. The predicted molar refractivity (Wildman–Crippen MR) is 139 cm³/mol. The van der Waals surface area contributed by atoms with Crippen molar-refractivity contribution in [2.45, 2.75) is 39.0 Å². The van der Waals surface area contributed by atoms with Crippen molar-refractivity contribution in [1.82, 2.24) is 34.5 Å². The van der Waals surface area contributed by atoms with Crippen LogP contribution in [0.5, 0.6) is 0 Å². The van der Waals surface area contributed by atoms with Crippen molar-refractivity contribution in [3.05, 3.63) is 55.0 Å². The van der Waals surface area contributed by atoms with E-state index in [1.807, 2.05) is 48.1 Å². The largest absolute Gasteiger partial charge is 0.384 e. The number of H-pyrrole nitrogens is 1. The highest BCUT2D eigenvalue weighted by atomic mass is 16.5. The number of nitrogens with zero attached hydrogens (tertiary/aromatic N) is 7. The lowest BCUT2D eigenvalue weighted by Gasteiger charge is -2.36. The standard InChI is InChI=1S/C25H28N10O/c1-14-11-34(12-15(2)36-14)25-19-5-4-8-35(19)33-22(32-25)16(3)31-24-21-18(10-28-23(21)29-13-30-24)17-6-7-27-20(26)9-17/h4-10,13-16H,11-12H2,1-3H3,(H2,26,27)(H2,28,29,30,31)/t14-,15+,16-/m0/s1. The number of anilines is 3. The van der Waals surface area contributed by atoms with Crippen molar-refractivity contribution in [1.29, 1.82) is 0 Å². The summed E-state index contributed by atoms with van der Waals surface area (Å²) in [6.45, 7) is 7.77. The zero-order valence-corrected chi connectivity index (χ0v) is 20.4. The smallest absolute Gasteiger partial charge is 0.173 e. The van der Waals surface area contributed by atoms with E-state index in [0.717, 1.165) is 46.6 Å². The van der Waals surface area contributed by atoms with Gasteiger partial charge in [0.05, 0.1) is 23.6 Å². The zero-order chi connectivity index (χ0) is 24.8. The Morgan fingerprint density at radius 2 is 2.00 bits per heavy atom. The summed E-state index contributed by atoms with van der Waals surface area (Å²) in [5.41, 5.74) is 9.50. The van der Waals surface area contributed by atoms with Gasteiger partial charge in [-0.3, -0.25) is 0 Å². The maximum Gasteiger partial charge on any atom is 0.173 e. The fraction of sp³-hybridized carbons (Fsp3) is 0.320. The highest BCUT2D eigenvalue weighted by Crippen LogP contribution is 2.34. The molecule has 184 valence electrons. The summed E-state index contributed by atoms with van der Waals surface area (Å²) in [5.74, 6) is 2.71. The van der Waals surface area contributed by atoms with E-state index >= 15 is 0 Å². The molecule has 4 N–H and O–H groups in total. The molecule has 1 saturated heterocycles. The lowest BCUT2D eigenvalue weighted by molar-refractivity contribution is -0.00541. The molecular formula is C25H28N10O. The molecule has 0 unspecified atom stereocenters. The van der Waals surface area contributed by atoms with Crippen LogP contribution in [0.1, 0.15) is 32.6 Å². The average Bonchev–Trinajstić information content (AvgIpc) is 3.50. The molecule has 0 spiro atoms. The summed E-state index contributed by atoms with van der Waals surface area (Å²) in [6, 6.07) is 7.56. The molecule has 11 nitrogen and oxygen atoms in total. The topological polar surface area (TPSA) is 135 Å². The molecule has 11 heteroatoms. The fourth-order valence-electron chi connectivity index (χ4n) is 4.89. The summed E-state index contributed by atoms with van der Waals surface area (Å²) in [7, 11) is 0. The van der Waals surface area contributed by atoms with Crippen LogP contribution < -0.4 is 16.0 Å². The Morgan fingerprint density at radius 1 is 1.17 bits per heavy atom. The third kappa shape index (κ3) is 3.97. The van der Waals surface area contributed by atoms with Gasteiger partial charge in [-0.15, -0.1) is 0 Å². The Morgan fingerprint density at radius 3 is 2.81 bits per heavy atom. The minimum atomic E-state index is -0.227. The molecule has 5 aromatic heterocycles. The number of morpholine rings is 1. The summed E-state index contributed by atoms with van der Waals surface area (Å²) >= 11 is 0. The van der Waals surface area contributed by atoms with Gasteiger partial charge in [0.2, 0.25) is 0 Å². The molecule has 0 radical (unpaired) electrons. The van der Waals surface area contributed by atoms with E-state index in [0.29, 0.717) is 17.5 Å². The third-order valence-electron chi connectivity index (χ3n) is 6.41. The molecular weight excluding hydrogens is 456 g/mol. The molecule has 0 aromatic carbocycles. The fourth-order valence-corrected chi connectivity index (χ4v) is 4.89. The summed E-state index contributed by atoms with van der Waals surface area (Å²) in [6.07, 6.45) is 7.34. The molecule has 0 aliphatic carbocycles. The number of ether oxygens (including phenoxy) is 1. The number of nitrogens with two attached hydrogens (primary N) is 1. The molecule has 36 heavy (non-hydrogen) atoms. The van der Waals surface area contributed by atoms with Crippen molar-refractivity contribution in [2.24, 2.45) is 0 Å². The predicted octanol–water partition coefficient (Wildman–Crippen LogP) is 3.43. The Kier molecular flexibility index (Phi) is 5.41. The zero-order valence-electron chi connectivity index (χ0n) is 20.4. The summed E-state index contributed by atoms with van der Waals surface area (Å²) in [5, 5.41) is 9.18. The number of nitrogens with one attached hydrogen (secondary N) is 2. The number of hydrogen-bond acceptors (Lipinski definition) is 9. The van der Waals surface area contributed by atoms with E-state index in [9.17, 15) is 0 Å². The Labute approximate surface area is 207 Å². The summed E-state index contributed by atoms with van der Waals surface area (Å²) < 4.78 is 7.83. The number of pyridine rings is 1. The third-order valence-corrected chi connectivity index (χ3v) is 6.41. The first kappa shape index (κ1) is 22.2. The second-order valence-corrected chi connectivity index (χ2v) is 9.28. The van der Waals surface area contributed by atoms with Crippen LogP contribution >= 0.6 is 0 Å². The van der Waals surface area contributed by atoms with Crippen molar-refractivity contribution in [3.8, 4) is 11.1 Å². The minimum absolute atomic E-state index is 0.126. The van der Waals surface area contributed by atoms with Gasteiger partial charge in [-0.05, 0) is 50.6 Å². The molecule has 6 heterocycles. The van der Waals surface area contributed by atoms with Gasteiger partial charge in [0, 0.05) is 37.2 Å². The molecule has 1 aliphatic heterocycles. The lowest BCUT2D eigenvalue weighted by Crippen LogP contribution is -2.46.